The Bertz CT molecular complexity index is 49.5. The van der Waals surface area contributed by atoms with Gasteiger partial charge in [-0.25, -0.2) is 10.9 Å². The van der Waals surface area contributed by atoms with Crippen molar-refractivity contribution in [2.45, 2.75) is 11.0 Å². The van der Waals surface area contributed by atoms with Crippen molar-refractivity contribution in [3.63, 3.8) is 0 Å². The fourth-order valence-corrected chi connectivity index (χ4v) is 0.461. The Morgan fingerprint density at radius 2 is 1.33 bits per heavy atom. The Morgan fingerprint density at radius 3 is 1.33 bits per heavy atom. The van der Waals surface area contributed by atoms with Crippen molar-refractivity contribution in [1.82, 2.24) is 10.9 Å². The SMILES string of the molecule is ClC1NN[C@H]1Cl. The summed E-state index contributed by atoms with van der Waals surface area (Å²) in [5, 5.41) is 0. The average molecular weight is 127 g/mol. The zero-order valence-electron chi connectivity index (χ0n) is 2.91. The molecule has 36 valence electrons. The standard InChI is InChI=1S/C2H4Cl2N2/c3-1-2(4)6-5-1/h1-2,5-6H/t1-,2?/m1/s1. The topological polar surface area (TPSA) is 24.1 Å². The smallest absolute Gasteiger partial charge is 0.126 e. The van der Waals surface area contributed by atoms with Gasteiger partial charge in [-0.3, -0.25) is 0 Å². The second-order valence-corrected chi connectivity index (χ2v) is 2.03. The van der Waals surface area contributed by atoms with Crippen LogP contribution >= 0.6 is 23.2 Å². The molecule has 0 spiro atoms. The molecule has 1 aliphatic rings. The third-order valence-corrected chi connectivity index (χ3v) is 1.47. The highest BCUT2D eigenvalue weighted by molar-refractivity contribution is 6.30. The van der Waals surface area contributed by atoms with Gasteiger partial charge in [-0.05, 0) is 0 Å². The quantitative estimate of drug-likeness (QED) is 0.359. The van der Waals surface area contributed by atoms with Gasteiger partial charge in [0.05, 0.1) is 0 Å². The van der Waals surface area contributed by atoms with E-state index in [1.807, 2.05) is 0 Å². The van der Waals surface area contributed by atoms with Gasteiger partial charge in [0.15, 0.2) is 0 Å². The lowest BCUT2D eigenvalue weighted by Crippen LogP contribution is -2.61. The van der Waals surface area contributed by atoms with E-state index in [2.05, 4.69) is 10.9 Å². The first-order valence-electron chi connectivity index (χ1n) is 1.60. The van der Waals surface area contributed by atoms with E-state index in [1.165, 1.54) is 0 Å². The predicted molar refractivity (Wildman–Crippen MR) is 25.6 cm³/mol. The molecule has 0 aromatic heterocycles. The fraction of sp³-hybridized carbons (Fsp3) is 1.00. The molecule has 0 saturated carbocycles. The van der Waals surface area contributed by atoms with Crippen LogP contribution in [-0.2, 0) is 0 Å². The van der Waals surface area contributed by atoms with Crippen LogP contribution in [0.3, 0.4) is 0 Å². The number of rotatable bonds is 0. The van der Waals surface area contributed by atoms with E-state index in [4.69, 9.17) is 23.2 Å². The summed E-state index contributed by atoms with van der Waals surface area (Å²) in [7, 11) is 0. The minimum Gasteiger partial charge on any atom is -0.236 e. The van der Waals surface area contributed by atoms with Crippen LogP contribution in [0, 0.1) is 0 Å². The Morgan fingerprint density at radius 1 is 1.00 bits per heavy atom. The molecule has 2 nitrogen and oxygen atoms in total. The molecule has 4 heteroatoms. The molecule has 2 atom stereocenters. The summed E-state index contributed by atoms with van der Waals surface area (Å²) in [5.41, 5.74) is 5.10. The highest BCUT2D eigenvalue weighted by atomic mass is 35.5. The lowest BCUT2D eigenvalue weighted by atomic mass is 10.6. The number of hydrazine groups is 1. The van der Waals surface area contributed by atoms with Crippen LogP contribution in [0.2, 0.25) is 0 Å². The second kappa shape index (κ2) is 1.54. The van der Waals surface area contributed by atoms with Crippen molar-refractivity contribution in [3.8, 4) is 0 Å². The zero-order chi connectivity index (χ0) is 4.57. The van der Waals surface area contributed by atoms with E-state index in [0.29, 0.717) is 0 Å². The van der Waals surface area contributed by atoms with Gasteiger partial charge in [-0.2, -0.15) is 0 Å². The summed E-state index contributed by atoms with van der Waals surface area (Å²) in [6, 6.07) is 0. The van der Waals surface area contributed by atoms with Crippen LogP contribution < -0.4 is 10.9 Å². The molecule has 1 saturated heterocycles. The van der Waals surface area contributed by atoms with Crippen molar-refractivity contribution in [3.05, 3.63) is 0 Å². The maximum atomic E-state index is 5.39. The number of hydrogen-bond donors (Lipinski definition) is 2. The number of nitrogens with one attached hydrogen (secondary N) is 2. The van der Waals surface area contributed by atoms with Crippen molar-refractivity contribution in [2.24, 2.45) is 0 Å². The molecule has 1 rings (SSSR count). The first kappa shape index (κ1) is 4.65. The summed E-state index contributed by atoms with van der Waals surface area (Å²) in [4.78, 5) is 0. The normalized spacial score (nSPS) is 45.0. The Hall–Kier alpha value is 0.500. The van der Waals surface area contributed by atoms with Gasteiger partial charge in [-0.1, -0.05) is 0 Å². The molecule has 1 aliphatic heterocycles. The molecule has 1 heterocycles. The maximum Gasteiger partial charge on any atom is 0.126 e. The maximum absolute atomic E-state index is 5.39. The van der Waals surface area contributed by atoms with Gasteiger partial charge in [0, 0.05) is 0 Å². The molecular weight excluding hydrogens is 123 g/mol. The van der Waals surface area contributed by atoms with Crippen LogP contribution in [0.5, 0.6) is 0 Å². The first-order valence-corrected chi connectivity index (χ1v) is 2.47. The highest BCUT2D eigenvalue weighted by Gasteiger charge is 2.24. The van der Waals surface area contributed by atoms with Gasteiger partial charge in [-0.15, -0.1) is 23.2 Å². The molecule has 0 aromatic carbocycles. The number of alkyl halides is 2. The van der Waals surface area contributed by atoms with Crippen molar-refractivity contribution >= 4 is 23.2 Å². The van der Waals surface area contributed by atoms with Gasteiger partial charge in [0.25, 0.3) is 0 Å². The molecular formula is C2H4Cl2N2. The van der Waals surface area contributed by atoms with E-state index >= 15 is 0 Å². The molecule has 1 fully saturated rings. The minimum absolute atomic E-state index is 0.0910. The fourth-order valence-electron chi connectivity index (χ4n) is 0.209. The van der Waals surface area contributed by atoms with Crippen LogP contribution in [0.15, 0.2) is 0 Å². The van der Waals surface area contributed by atoms with E-state index in [1.54, 1.807) is 0 Å². The van der Waals surface area contributed by atoms with E-state index < -0.39 is 0 Å². The van der Waals surface area contributed by atoms with E-state index in [-0.39, 0.29) is 11.0 Å². The Kier molecular flexibility index (Phi) is 1.20. The molecule has 0 bridgehead atoms. The Labute approximate surface area is 45.8 Å². The van der Waals surface area contributed by atoms with Crippen molar-refractivity contribution in [2.75, 3.05) is 0 Å². The van der Waals surface area contributed by atoms with Crippen LogP contribution in [0.25, 0.3) is 0 Å². The average Bonchev–Trinajstić information content (AvgIpc) is 1.61. The van der Waals surface area contributed by atoms with E-state index in [0.717, 1.165) is 0 Å². The Balaban J connectivity index is 2.20. The van der Waals surface area contributed by atoms with E-state index in [9.17, 15) is 0 Å². The molecule has 1 unspecified atom stereocenters. The number of halogens is 2. The lowest BCUT2D eigenvalue weighted by Gasteiger charge is -2.28. The van der Waals surface area contributed by atoms with Crippen molar-refractivity contribution < 1.29 is 0 Å². The summed E-state index contributed by atoms with van der Waals surface area (Å²) in [6.45, 7) is 0. The number of hydrogen-bond acceptors (Lipinski definition) is 2. The molecule has 0 aromatic rings. The largest absolute Gasteiger partial charge is 0.236 e. The van der Waals surface area contributed by atoms with Gasteiger partial charge >= 0.3 is 0 Å². The highest BCUT2D eigenvalue weighted by Crippen LogP contribution is 2.08. The molecule has 2 N–H and O–H groups in total. The second-order valence-electron chi connectivity index (χ2n) is 1.09. The third kappa shape index (κ3) is 0.611. The summed E-state index contributed by atoms with van der Waals surface area (Å²) in [6.07, 6.45) is 0. The minimum atomic E-state index is -0.0910. The molecule has 0 amide bonds. The zero-order valence-corrected chi connectivity index (χ0v) is 4.42. The molecule has 0 radical (unpaired) electrons. The summed E-state index contributed by atoms with van der Waals surface area (Å²) >= 11 is 10.8. The van der Waals surface area contributed by atoms with Crippen LogP contribution in [-0.4, -0.2) is 11.0 Å². The van der Waals surface area contributed by atoms with Crippen LogP contribution in [0.1, 0.15) is 0 Å². The monoisotopic (exact) mass is 126 g/mol. The predicted octanol–water partition coefficient (Wildman–Crippen LogP) is 0.224. The van der Waals surface area contributed by atoms with Gasteiger partial charge < -0.3 is 0 Å². The van der Waals surface area contributed by atoms with Crippen molar-refractivity contribution in [1.29, 1.82) is 0 Å². The summed E-state index contributed by atoms with van der Waals surface area (Å²) < 4.78 is 0. The van der Waals surface area contributed by atoms with Crippen LogP contribution in [0.4, 0.5) is 0 Å². The molecule has 0 aliphatic carbocycles. The molecule has 6 heavy (non-hydrogen) atoms. The third-order valence-electron chi connectivity index (χ3n) is 0.616. The lowest BCUT2D eigenvalue weighted by molar-refractivity contribution is 0.345. The van der Waals surface area contributed by atoms with Gasteiger partial charge in [0.1, 0.15) is 11.0 Å². The first-order chi connectivity index (χ1) is 2.80. The van der Waals surface area contributed by atoms with Gasteiger partial charge in [0.2, 0.25) is 0 Å². The summed E-state index contributed by atoms with van der Waals surface area (Å²) in [5.74, 6) is 0.